The third kappa shape index (κ3) is 4.87. The van der Waals surface area contributed by atoms with E-state index in [1.54, 1.807) is 6.08 Å². The maximum absolute atomic E-state index is 12.8. The molecule has 25 heavy (non-hydrogen) atoms. The monoisotopic (exact) mass is 490 g/mol. The number of thiophene rings is 1. The standard InChI is InChI=1S/C16H19IN4O2S2/c1-4-11(6-5-10(2)3)21-16(22)13-12(9-24-14(13)18)15(20-21)19-7-8-23-25-17/h4-6,9H,1,7-8,18H2,2-3H3,(H,19,20)/b11-6+. The normalized spacial score (nSPS) is 11.6. The molecule has 2 aromatic rings. The van der Waals surface area contributed by atoms with Crippen molar-refractivity contribution in [3.8, 4) is 0 Å². The number of allylic oxidation sites excluding steroid dienone is 5. The summed E-state index contributed by atoms with van der Waals surface area (Å²) in [4.78, 5) is 12.8. The number of hydrogen-bond donors (Lipinski definition) is 2. The summed E-state index contributed by atoms with van der Waals surface area (Å²) in [7, 11) is 1.28. The molecule has 0 bridgehead atoms. The maximum Gasteiger partial charge on any atom is 0.282 e. The van der Waals surface area contributed by atoms with Crippen LogP contribution in [-0.2, 0) is 4.18 Å². The number of nitrogens with two attached hydrogens (primary N) is 1. The van der Waals surface area contributed by atoms with Gasteiger partial charge >= 0.3 is 0 Å². The fourth-order valence-corrected chi connectivity index (χ4v) is 3.57. The highest BCUT2D eigenvalue weighted by molar-refractivity contribution is 14.2. The van der Waals surface area contributed by atoms with Crippen LogP contribution in [0.5, 0.6) is 0 Å². The minimum Gasteiger partial charge on any atom is -0.390 e. The second-order valence-electron chi connectivity index (χ2n) is 5.31. The highest BCUT2D eigenvalue weighted by Gasteiger charge is 2.16. The molecule has 0 spiro atoms. The van der Waals surface area contributed by atoms with Gasteiger partial charge in [0.2, 0.25) is 0 Å². The molecule has 0 aromatic carbocycles. The van der Waals surface area contributed by atoms with Gasteiger partial charge in [0.1, 0.15) is 0 Å². The van der Waals surface area contributed by atoms with Crippen LogP contribution in [0.25, 0.3) is 16.5 Å². The molecule has 2 rings (SSSR count). The van der Waals surface area contributed by atoms with Gasteiger partial charge in [0.25, 0.3) is 5.56 Å². The summed E-state index contributed by atoms with van der Waals surface area (Å²) in [6.07, 6.45) is 5.32. The summed E-state index contributed by atoms with van der Waals surface area (Å²) in [5.74, 6) is 0.592. The zero-order valence-corrected chi connectivity index (χ0v) is 17.7. The first-order valence-electron chi connectivity index (χ1n) is 7.41. The molecule has 0 aliphatic carbocycles. The summed E-state index contributed by atoms with van der Waals surface area (Å²) in [5, 5.41) is 11.2. The molecule has 0 saturated heterocycles. The van der Waals surface area contributed by atoms with Gasteiger partial charge in [0.05, 0.1) is 31.9 Å². The Morgan fingerprint density at radius 2 is 2.32 bits per heavy atom. The molecule has 134 valence electrons. The molecule has 0 unspecified atom stereocenters. The molecule has 2 heterocycles. The zero-order valence-electron chi connectivity index (χ0n) is 13.9. The summed E-state index contributed by atoms with van der Waals surface area (Å²) in [6.45, 7) is 8.82. The first kappa shape index (κ1) is 20.0. The molecule has 0 saturated carbocycles. The van der Waals surface area contributed by atoms with Crippen molar-refractivity contribution in [2.45, 2.75) is 13.8 Å². The Morgan fingerprint density at radius 1 is 1.56 bits per heavy atom. The van der Waals surface area contributed by atoms with Crippen LogP contribution in [0.4, 0.5) is 10.8 Å². The van der Waals surface area contributed by atoms with Crippen molar-refractivity contribution < 1.29 is 4.18 Å². The lowest BCUT2D eigenvalue weighted by molar-refractivity contribution is 0.399. The molecule has 0 fully saturated rings. The molecule has 2 aromatic heterocycles. The zero-order chi connectivity index (χ0) is 18.4. The second-order valence-corrected chi connectivity index (χ2v) is 7.66. The van der Waals surface area contributed by atoms with Crippen LogP contribution >= 0.6 is 41.8 Å². The Labute approximate surface area is 166 Å². The van der Waals surface area contributed by atoms with Gasteiger partial charge in [-0.1, -0.05) is 18.2 Å². The van der Waals surface area contributed by atoms with Crippen LogP contribution in [-0.4, -0.2) is 22.9 Å². The first-order chi connectivity index (χ1) is 12.0. The SMILES string of the molecule is C=C/C(=C\C=C(C)C)n1nc(NCCOSI)c2csc(N)c2c1=O. The van der Waals surface area contributed by atoms with E-state index in [-0.39, 0.29) is 5.56 Å². The van der Waals surface area contributed by atoms with Crippen molar-refractivity contribution in [2.24, 2.45) is 0 Å². The molecule has 0 radical (unpaired) electrons. The summed E-state index contributed by atoms with van der Waals surface area (Å²) < 4.78 is 6.57. The minimum absolute atomic E-state index is 0.258. The third-order valence-corrected chi connectivity index (χ3v) is 5.07. The van der Waals surface area contributed by atoms with Crippen molar-refractivity contribution in [1.82, 2.24) is 9.78 Å². The van der Waals surface area contributed by atoms with Crippen molar-refractivity contribution in [1.29, 1.82) is 0 Å². The largest absolute Gasteiger partial charge is 0.390 e. The van der Waals surface area contributed by atoms with E-state index in [9.17, 15) is 4.79 Å². The highest BCUT2D eigenvalue weighted by atomic mass is 127. The summed E-state index contributed by atoms with van der Waals surface area (Å²) in [6, 6.07) is 0. The molecule has 3 N–H and O–H groups in total. The topological polar surface area (TPSA) is 82.2 Å². The van der Waals surface area contributed by atoms with Gasteiger partial charge in [-0.3, -0.25) is 4.79 Å². The van der Waals surface area contributed by atoms with E-state index in [1.165, 1.54) is 25.2 Å². The van der Waals surface area contributed by atoms with Gasteiger partial charge in [-0.2, -0.15) is 4.68 Å². The summed E-state index contributed by atoms with van der Waals surface area (Å²) in [5.41, 5.74) is 7.45. The van der Waals surface area contributed by atoms with E-state index >= 15 is 0 Å². The predicted molar refractivity (Wildman–Crippen MR) is 118 cm³/mol. The smallest absolute Gasteiger partial charge is 0.282 e. The number of rotatable bonds is 8. The Bertz CT molecular complexity index is 882. The molecule has 9 heteroatoms. The predicted octanol–water partition coefficient (Wildman–Crippen LogP) is 4.46. The molecule has 0 aliphatic heterocycles. The van der Waals surface area contributed by atoms with E-state index in [0.717, 1.165) is 11.0 Å². The Balaban J connectivity index is 2.56. The van der Waals surface area contributed by atoms with E-state index in [0.29, 0.717) is 35.1 Å². The van der Waals surface area contributed by atoms with Crippen LogP contribution in [0, 0.1) is 0 Å². The quantitative estimate of drug-likeness (QED) is 0.246. The first-order valence-corrected chi connectivity index (χ1v) is 11.6. The lowest BCUT2D eigenvalue weighted by atomic mass is 10.2. The van der Waals surface area contributed by atoms with Crippen molar-refractivity contribution in [2.75, 3.05) is 24.2 Å². The number of aromatic nitrogens is 2. The Kier molecular flexibility index (Phi) is 7.54. The van der Waals surface area contributed by atoms with Crippen LogP contribution in [0.2, 0.25) is 0 Å². The summed E-state index contributed by atoms with van der Waals surface area (Å²) >= 11 is 3.39. The van der Waals surface area contributed by atoms with E-state index in [1.807, 2.05) is 31.4 Å². The van der Waals surface area contributed by atoms with Gasteiger partial charge in [-0.25, -0.2) is 0 Å². The fourth-order valence-electron chi connectivity index (χ4n) is 2.10. The Morgan fingerprint density at radius 3 is 2.96 bits per heavy atom. The van der Waals surface area contributed by atoms with Gasteiger partial charge in [0, 0.05) is 38.5 Å². The number of nitrogens with one attached hydrogen (secondary N) is 1. The number of nitrogen functional groups attached to an aromatic ring is 1. The van der Waals surface area contributed by atoms with Gasteiger partial charge < -0.3 is 15.2 Å². The lowest BCUT2D eigenvalue weighted by Gasteiger charge is -2.11. The number of anilines is 2. The molecular weight excluding hydrogens is 471 g/mol. The Hall–Kier alpha value is -1.30. The number of nitrogens with zero attached hydrogens (tertiary/aromatic N) is 2. The highest BCUT2D eigenvalue weighted by Crippen LogP contribution is 2.29. The number of halogens is 1. The third-order valence-electron chi connectivity index (χ3n) is 3.24. The van der Waals surface area contributed by atoms with E-state index < -0.39 is 0 Å². The van der Waals surface area contributed by atoms with Crippen molar-refractivity contribution in [3.63, 3.8) is 0 Å². The van der Waals surface area contributed by atoms with Crippen LogP contribution in [0.15, 0.2) is 40.6 Å². The van der Waals surface area contributed by atoms with Crippen molar-refractivity contribution >= 4 is 69.0 Å². The lowest BCUT2D eigenvalue weighted by Crippen LogP contribution is -2.24. The molecular formula is C16H19IN4O2S2. The second kappa shape index (κ2) is 9.41. The average Bonchev–Trinajstić information content (AvgIpc) is 2.97. The van der Waals surface area contributed by atoms with Crippen LogP contribution < -0.4 is 16.6 Å². The van der Waals surface area contributed by atoms with E-state index in [4.69, 9.17) is 9.92 Å². The average molecular weight is 490 g/mol. The van der Waals surface area contributed by atoms with Crippen LogP contribution in [0.3, 0.4) is 0 Å². The van der Waals surface area contributed by atoms with Gasteiger partial charge in [0.15, 0.2) is 5.82 Å². The van der Waals surface area contributed by atoms with Crippen LogP contribution in [0.1, 0.15) is 13.8 Å². The molecule has 0 amide bonds. The maximum atomic E-state index is 12.8. The number of hydrogen-bond acceptors (Lipinski definition) is 7. The van der Waals surface area contributed by atoms with Gasteiger partial charge in [-0.05, 0) is 26.0 Å². The minimum atomic E-state index is -0.258. The number of fused-ring (bicyclic) bond motifs is 1. The molecule has 6 nitrogen and oxygen atoms in total. The van der Waals surface area contributed by atoms with Crippen molar-refractivity contribution in [3.05, 3.63) is 46.1 Å². The fraction of sp³-hybridized carbons (Fsp3) is 0.250. The van der Waals surface area contributed by atoms with E-state index in [2.05, 4.69) is 38.2 Å². The van der Waals surface area contributed by atoms with Gasteiger partial charge in [-0.15, -0.1) is 16.4 Å². The molecule has 0 atom stereocenters. The molecule has 0 aliphatic rings.